The Balaban J connectivity index is 1.65. The molecule has 1 aliphatic rings. The molecule has 0 spiro atoms. The number of anilines is 2. The summed E-state index contributed by atoms with van der Waals surface area (Å²) in [5.74, 6) is 0.687. The van der Waals surface area contributed by atoms with Gasteiger partial charge in [0.05, 0.1) is 10.6 Å². The molecule has 0 atom stereocenters. The van der Waals surface area contributed by atoms with Crippen LogP contribution in [0.2, 0.25) is 0 Å². The Labute approximate surface area is 194 Å². The predicted molar refractivity (Wildman–Crippen MR) is 128 cm³/mol. The van der Waals surface area contributed by atoms with Crippen LogP contribution in [-0.4, -0.2) is 34.1 Å². The van der Waals surface area contributed by atoms with E-state index in [1.54, 1.807) is 54.6 Å². The van der Waals surface area contributed by atoms with Crippen LogP contribution in [0.15, 0.2) is 71.6 Å². The number of fused-ring (bicyclic) bond motifs is 1. The average Bonchev–Trinajstić information content (AvgIpc) is 2.82. The van der Waals surface area contributed by atoms with Gasteiger partial charge in [-0.05, 0) is 49.2 Å². The summed E-state index contributed by atoms with van der Waals surface area (Å²) in [5, 5.41) is 2.78. The average molecular weight is 467 g/mol. The molecule has 0 unspecified atom stereocenters. The monoisotopic (exact) mass is 466 g/mol. The van der Waals surface area contributed by atoms with Gasteiger partial charge in [0.15, 0.2) is 11.5 Å². The lowest BCUT2D eigenvalue weighted by Crippen LogP contribution is -2.38. The predicted octanol–water partition coefficient (Wildman–Crippen LogP) is 4.16. The number of amides is 1. The van der Waals surface area contributed by atoms with Gasteiger partial charge in [0.2, 0.25) is 5.91 Å². The van der Waals surface area contributed by atoms with Crippen molar-refractivity contribution in [2.45, 2.75) is 25.2 Å². The molecule has 4 rings (SSSR count). The van der Waals surface area contributed by atoms with Crippen LogP contribution < -0.4 is 19.1 Å². The summed E-state index contributed by atoms with van der Waals surface area (Å²) in [4.78, 5) is 13.1. The molecule has 0 saturated carbocycles. The first-order valence-electron chi connectivity index (χ1n) is 10.8. The molecule has 1 amide bonds. The second kappa shape index (κ2) is 9.54. The van der Waals surface area contributed by atoms with Gasteiger partial charge in [-0.15, -0.1) is 0 Å². The second-order valence-electron chi connectivity index (χ2n) is 7.71. The highest BCUT2D eigenvalue weighted by Crippen LogP contribution is 2.33. The van der Waals surface area contributed by atoms with Crippen LogP contribution in [0.4, 0.5) is 11.4 Å². The van der Waals surface area contributed by atoms with E-state index in [9.17, 15) is 13.2 Å². The lowest BCUT2D eigenvalue weighted by molar-refractivity contribution is -0.114. The van der Waals surface area contributed by atoms with Crippen molar-refractivity contribution in [3.8, 4) is 11.5 Å². The van der Waals surface area contributed by atoms with Gasteiger partial charge < -0.3 is 14.8 Å². The Kier molecular flexibility index (Phi) is 6.55. The van der Waals surface area contributed by atoms with Gasteiger partial charge in [0.1, 0.15) is 19.8 Å². The number of rotatable bonds is 7. The van der Waals surface area contributed by atoms with Crippen molar-refractivity contribution in [3.63, 3.8) is 0 Å². The number of benzene rings is 3. The summed E-state index contributed by atoms with van der Waals surface area (Å²) in [6.45, 7) is 4.37. The number of ether oxygens (including phenoxy) is 2. The van der Waals surface area contributed by atoms with Crippen LogP contribution in [0.5, 0.6) is 11.5 Å². The summed E-state index contributed by atoms with van der Waals surface area (Å²) in [7, 11) is -3.98. The molecule has 172 valence electrons. The smallest absolute Gasteiger partial charge is 0.264 e. The van der Waals surface area contributed by atoms with E-state index in [0.717, 1.165) is 11.1 Å². The van der Waals surface area contributed by atoms with Gasteiger partial charge in [-0.3, -0.25) is 9.10 Å². The van der Waals surface area contributed by atoms with Crippen molar-refractivity contribution >= 4 is 27.3 Å². The normalized spacial score (nSPS) is 12.8. The fourth-order valence-corrected chi connectivity index (χ4v) is 5.10. The molecule has 1 aliphatic heterocycles. The van der Waals surface area contributed by atoms with Crippen LogP contribution >= 0.6 is 0 Å². The van der Waals surface area contributed by atoms with Crippen LogP contribution in [0.25, 0.3) is 0 Å². The summed E-state index contributed by atoms with van der Waals surface area (Å²) in [6.07, 6.45) is 0.625. The number of para-hydroxylation sites is 1. The molecule has 0 aromatic heterocycles. The molecule has 0 radical (unpaired) electrons. The van der Waals surface area contributed by atoms with Crippen molar-refractivity contribution in [1.29, 1.82) is 0 Å². The van der Waals surface area contributed by atoms with Crippen molar-refractivity contribution in [2.75, 3.05) is 29.4 Å². The van der Waals surface area contributed by atoms with Crippen LogP contribution in [-0.2, 0) is 21.2 Å². The fraction of sp³-hybridized carbons (Fsp3) is 0.240. The van der Waals surface area contributed by atoms with Gasteiger partial charge in [-0.2, -0.15) is 0 Å². The van der Waals surface area contributed by atoms with Gasteiger partial charge in [0.25, 0.3) is 10.0 Å². The summed E-state index contributed by atoms with van der Waals surface area (Å²) in [5.41, 5.74) is 2.77. The highest BCUT2D eigenvalue weighted by molar-refractivity contribution is 7.92. The van der Waals surface area contributed by atoms with Gasteiger partial charge in [-0.25, -0.2) is 8.42 Å². The van der Waals surface area contributed by atoms with Crippen molar-refractivity contribution in [1.82, 2.24) is 0 Å². The minimum absolute atomic E-state index is 0.131. The number of aryl methyl sites for hydroxylation is 2. The van der Waals surface area contributed by atoms with Crippen LogP contribution in [0, 0.1) is 6.92 Å². The van der Waals surface area contributed by atoms with E-state index in [1.165, 1.54) is 4.31 Å². The molecular weight excluding hydrogens is 440 g/mol. The van der Waals surface area contributed by atoms with Gasteiger partial charge in [0, 0.05) is 11.8 Å². The molecule has 8 heteroatoms. The number of nitrogens with one attached hydrogen (secondary N) is 1. The number of hydrogen-bond donors (Lipinski definition) is 1. The topological polar surface area (TPSA) is 84.9 Å². The Morgan fingerprint density at radius 2 is 1.67 bits per heavy atom. The summed E-state index contributed by atoms with van der Waals surface area (Å²) >= 11 is 0. The maximum absolute atomic E-state index is 13.6. The molecule has 0 saturated heterocycles. The van der Waals surface area contributed by atoms with Crippen LogP contribution in [0.1, 0.15) is 18.1 Å². The second-order valence-corrected chi connectivity index (χ2v) is 9.58. The minimum Gasteiger partial charge on any atom is -0.486 e. The maximum atomic E-state index is 13.6. The Hall–Kier alpha value is -3.52. The van der Waals surface area contributed by atoms with E-state index in [2.05, 4.69) is 5.32 Å². The molecule has 1 heterocycles. The molecule has 0 bridgehead atoms. The molecule has 1 N–H and O–H groups in total. The lowest BCUT2D eigenvalue weighted by Gasteiger charge is -2.26. The third-order valence-electron chi connectivity index (χ3n) is 5.36. The van der Waals surface area contributed by atoms with E-state index in [0.29, 0.717) is 42.5 Å². The Morgan fingerprint density at radius 1 is 0.970 bits per heavy atom. The summed E-state index contributed by atoms with van der Waals surface area (Å²) in [6, 6.07) is 18.9. The van der Waals surface area contributed by atoms with Crippen LogP contribution in [0.3, 0.4) is 0 Å². The molecule has 3 aromatic rings. The third kappa shape index (κ3) is 4.96. The lowest BCUT2D eigenvalue weighted by atomic mass is 10.1. The zero-order valence-electron chi connectivity index (χ0n) is 18.6. The Morgan fingerprint density at radius 3 is 2.39 bits per heavy atom. The van der Waals surface area contributed by atoms with E-state index < -0.39 is 15.9 Å². The summed E-state index contributed by atoms with van der Waals surface area (Å²) < 4.78 is 39.4. The van der Waals surface area contributed by atoms with E-state index in [-0.39, 0.29) is 11.4 Å². The highest BCUT2D eigenvalue weighted by atomic mass is 32.2. The number of nitrogens with zero attached hydrogens (tertiary/aromatic N) is 1. The van der Waals surface area contributed by atoms with E-state index >= 15 is 0 Å². The largest absolute Gasteiger partial charge is 0.486 e. The standard InChI is InChI=1S/C25H26N2O5S/c1-3-19-6-4-5-7-22(19)27(33(29,30)21-11-8-18(2)9-12-21)17-25(28)26-20-10-13-23-24(16-20)32-15-14-31-23/h4-13,16H,3,14-15,17H2,1-2H3,(H,26,28). The first kappa shape index (κ1) is 22.7. The van der Waals surface area contributed by atoms with Crippen molar-refractivity contribution < 1.29 is 22.7 Å². The number of carbonyl (C=O) groups is 1. The highest BCUT2D eigenvalue weighted by Gasteiger charge is 2.28. The zero-order chi connectivity index (χ0) is 23.4. The Bertz CT molecular complexity index is 1260. The third-order valence-corrected chi connectivity index (χ3v) is 7.14. The zero-order valence-corrected chi connectivity index (χ0v) is 19.4. The molecule has 33 heavy (non-hydrogen) atoms. The molecule has 0 fully saturated rings. The number of hydrogen-bond acceptors (Lipinski definition) is 5. The number of sulfonamides is 1. The first-order chi connectivity index (χ1) is 15.9. The SMILES string of the molecule is CCc1ccccc1N(CC(=O)Nc1ccc2c(c1)OCCO2)S(=O)(=O)c1ccc(C)cc1. The molecular formula is C25H26N2O5S. The molecule has 0 aliphatic carbocycles. The maximum Gasteiger partial charge on any atom is 0.264 e. The quantitative estimate of drug-likeness (QED) is 0.565. The molecule has 3 aromatic carbocycles. The van der Waals surface area contributed by atoms with Crippen molar-refractivity contribution in [3.05, 3.63) is 77.9 Å². The molecule has 7 nitrogen and oxygen atoms in total. The number of carbonyl (C=O) groups excluding carboxylic acids is 1. The van der Waals surface area contributed by atoms with E-state index in [1.807, 2.05) is 26.0 Å². The fourth-order valence-electron chi connectivity index (χ4n) is 3.64. The van der Waals surface area contributed by atoms with Gasteiger partial charge >= 0.3 is 0 Å². The first-order valence-corrected chi connectivity index (χ1v) is 12.2. The minimum atomic E-state index is -3.98. The van der Waals surface area contributed by atoms with E-state index in [4.69, 9.17) is 9.47 Å². The van der Waals surface area contributed by atoms with Crippen molar-refractivity contribution in [2.24, 2.45) is 0 Å². The van der Waals surface area contributed by atoms with Gasteiger partial charge in [-0.1, -0.05) is 42.8 Å².